The first-order valence-electron chi connectivity index (χ1n) is 5.43. The molecule has 0 saturated heterocycles. The fourth-order valence-corrected chi connectivity index (χ4v) is 1.82. The Labute approximate surface area is 100 Å². The molecule has 0 unspecified atom stereocenters. The van der Waals surface area contributed by atoms with E-state index >= 15 is 0 Å². The van der Waals surface area contributed by atoms with Crippen LogP contribution in [0.2, 0.25) is 0 Å². The number of rotatable bonds is 4. The molecule has 0 spiro atoms. The molecule has 0 bridgehead atoms. The highest BCUT2D eigenvalue weighted by atomic mass is 16.5. The van der Waals surface area contributed by atoms with Crippen molar-refractivity contribution in [1.82, 2.24) is 20.3 Å². The van der Waals surface area contributed by atoms with Crippen molar-refractivity contribution in [3.63, 3.8) is 0 Å². The monoisotopic (exact) mass is 232 g/mol. The highest BCUT2D eigenvalue weighted by Gasteiger charge is 2.10. The van der Waals surface area contributed by atoms with E-state index in [4.69, 9.17) is 4.74 Å². The summed E-state index contributed by atoms with van der Waals surface area (Å²) in [6, 6.07) is 6.00. The van der Waals surface area contributed by atoms with E-state index in [-0.39, 0.29) is 0 Å². The van der Waals surface area contributed by atoms with Gasteiger partial charge in [0.15, 0.2) is 0 Å². The predicted molar refractivity (Wildman–Crippen MR) is 65.8 cm³/mol. The second-order valence-electron chi connectivity index (χ2n) is 3.80. The van der Waals surface area contributed by atoms with Crippen molar-refractivity contribution in [2.45, 2.75) is 6.54 Å². The normalized spacial score (nSPS) is 10.5. The second kappa shape index (κ2) is 4.97. The van der Waals surface area contributed by atoms with Gasteiger partial charge in [0.05, 0.1) is 19.0 Å². The van der Waals surface area contributed by atoms with Crippen LogP contribution in [-0.2, 0) is 13.6 Å². The van der Waals surface area contributed by atoms with Crippen molar-refractivity contribution in [2.24, 2.45) is 7.05 Å². The molecule has 5 heteroatoms. The van der Waals surface area contributed by atoms with Gasteiger partial charge in [-0.05, 0) is 30.8 Å². The topological polar surface area (TPSA) is 52.0 Å². The van der Waals surface area contributed by atoms with Crippen LogP contribution in [0.4, 0.5) is 0 Å². The third-order valence-corrected chi connectivity index (χ3v) is 2.67. The van der Waals surface area contributed by atoms with Crippen molar-refractivity contribution in [2.75, 3.05) is 14.2 Å². The Morgan fingerprint density at radius 2 is 2.24 bits per heavy atom. The number of ether oxygens (including phenoxy) is 1. The van der Waals surface area contributed by atoms with Crippen molar-refractivity contribution < 1.29 is 4.74 Å². The molecule has 0 saturated carbocycles. The van der Waals surface area contributed by atoms with Crippen LogP contribution in [0.3, 0.4) is 0 Å². The average molecular weight is 232 g/mol. The Morgan fingerprint density at radius 1 is 1.41 bits per heavy atom. The fourth-order valence-electron chi connectivity index (χ4n) is 1.82. The summed E-state index contributed by atoms with van der Waals surface area (Å²) in [4.78, 5) is 0. The number of nitrogens with one attached hydrogen (secondary N) is 1. The summed E-state index contributed by atoms with van der Waals surface area (Å²) in [6.07, 6.45) is 1.76. The molecule has 90 valence electrons. The molecule has 0 radical (unpaired) electrons. The Balaban J connectivity index is 2.49. The highest BCUT2D eigenvalue weighted by Crippen LogP contribution is 2.26. The molecular weight excluding hydrogens is 216 g/mol. The maximum absolute atomic E-state index is 5.24. The Bertz CT molecular complexity index is 507. The first kappa shape index (κ1) is 11.6. The van der Waals surface area contributed by atoms with Gasteiger partial charge in [0.2, 0.25) is 0 Å². The van der Waals surface area contributed by atoms with Gasteiger partial charge in [-0.15, -0.1) is 5.10 Å². The number of aromatic nitrogens is 3. The van der Waals surface area contributed by atoms with E-state index in [1.54, 1.807) is 18.0 Å². The lowest BCUT2D eigenvalue weighted by Crippen LogP contribution is -2.07. The maximum atomic E-state index is 5.24. The summed E-state index contributed by atoms with van der Waals surface area (Å²) in [5.41, 5.74) is 3.28. The zero-order valence-corrected chi connectivity index (χ0v) is 10.3. The number of benzene rings is 1. The molecule has 1 N–H and O–H groups in total. The lowest BCUT2D eigenvalue weighted by molar-refractivity contribution is 0.414. The van der Waals surface area contributed by atoms with Crippen molar-refractivity contribution >= 4 is 0 Å². The van der Waals surface area contributed by atoms with E-state index < -0.39 is 0 Å². The molecule has 0 amide bonds. The molecule has 17 heavy (non-hydrogen) atoms. The standard InChI is InChI=1S/C12H16N4O/c1-13-7-9-6-10(17-3)4-5-11(9)12-8-14-15-16(12)2/h4-6,8,13H,7H2,1-3H3. The maximum Gasteiger partial charge on any atom is 0.119 e. The van der Waals surface area contributed by atoms with Crippen LogP contribution < -0.4 is 10.1 Å². The predicted octanol–water partition coefficient (Wildman–Crippen LogP) is 1.21. The molecule has 1 aromatic heterocycles. The number of hydrogen-bond acceptors (Lipinski definition) is 4. The summed E-state index contributed by atoms with van der Waals surface area (Å²) in [7, 11) is 5.48. The average Bonchev–Trinajstić information content (AvgIpc) is 2.76. The summed E-state index contributed by atoms with van der Waals surface area (Å²) < 4.78 is 7.00. The van der Waals surface area contributed by atoms with Crippen LogP contribution in [0.1, 0.15) is 5.56 Å². The quantitative estimate of drug-likeness (QED) is 0.861. The van der Waals surface area contributed by atoms with Crippen LogP contribution in [0, 0.1) is 0 Å². The van der Waals surface area contributed by atoms with E-state index in [2.05, 4.69) is 15.6 Å². The molecule has 1 heterocycles. The molecule has 1 aromatic carbocycles. The second-order valence-corrected chi connectivity index (χ2v) is 3.80. The van der Waals surface area contributed by atoms with E-state index in [0.717, 1.165) is 29.1 Å². The molecule has 5 nitrogen and oxygen atoms in total. The molecule has 0 aliphatic rings. The molecule has 0 aliphatic carbocycles. The van der Waals surface area contributed by atoms with Gasteiger partial charge in [-0.1, -0.05) is 5.21 Å². The molecule has 0 fully saturated rings. The van der Waals surface area contributed by atoms with Crippen LogP contribution >= 0.6 is 0 Å². The van der Waals surface area contributed by atoms with Gasteiger partial charge in [0.25, 0.3) is 0 Å². The summed E-state index contributed by atoms with van der Waals surface area (Å²) >= 11 is 0. The van der Waals surface area contributed by atoms with Gasteiger partial charge >= 0.3 is 0 Å². The van der Waals surface area contributed by atoms with E-state index in [9.17, 15) is 0 Å². The van der Waals surface area contributed by atoms with Gasteiger partial charge < -0.3 is 10.1 Å². The van der Waals surface area contributed by atoms with Crippen LogP contribution in [0.15, 0.2) is 24.4 Å². The molecular formula is C12H16N4O. The smallest absolute Gasteiger partial charge is 0.119 e. The van der Waals surface area contributed by atoms with Crippen molar-refractivity contribution in [3.8, 4) is 17.0 Å². The molecule has 2 rings (SSSR count). The third-order valence-electron chi connectivity index (χ3n) is 2.67. The fraction of sp³-hybridized carbons (Fsp3) is 0.333. The lowest BCUT2D eigenvalue weighted by Gasteiger charge is -2.10. The summed E-state index contributed by atoms with van der Waals surface area (Å²) in [6.45, 7) is 0.776. The van der Waals surface area contributed by atoms with Gasteiger partial charge in [-0.25, -0.2) is 4.68 Å². The van der Waals surface area contributed by atoms with E-state index in [0.29, 0.717) is 0 Å². The van der Waals surface area contributed by atoms with Crippen LogP contribution in [0.25, 0.3) is 11.3 Å². The molecule has 0 aliphatic heterocycles. The van der Waals surface area contributed by atoms with E-state index in [1.165, 1.54) is 0 Å². The zero-order valence-electron chi connectivity index (χ0n) is 10.3. The molecule has 2 aromatic rings. The number of aryl methyl sites for hydroxylation is 1. The summed E-state index contributed by atoms with van der Waals surface area (Å²) in [5.74, 6) is 0.856. The van der Waals surface area contributed by atoms with Gasteiger partial charge in [-0.3, -0.25) is 0 Å². The van der Waals surface area contributed by atoms with Gasteiger partial charge in [0, 0.05) is 19.2 Å². The SMILES string of the molecule is CNCc1cc(OC)ccc1-c1cnnn1C. The number of hydrogen-bond donors (Lipinski definition) is 1. The first-order valence-corrected chi connectivity index (χ1v) is 5.43. The Morgan fingerprint density at radius 3 is 2.82 bits per heavy atom. The number of methoxy groups -OCH3 is 1. The van der Waals surface area contributed by atoms with Crippen LogP contribution in [0.5, 0.6) is 5.75 Å². The highest BCUT2D eigenvalue weighted by molar-refractivity contribution is 5.64. The third kappa shape index (κ3) is 2.29. The Kier molecular flexibility index (Phi) is 3.39. The minimum Gasteiger partial charge on any atom is -0.497 e. The van der Waals surface area contributed by atoms with Gasteiger partial charge in [0.1, 0.15) is 5.75 Å². The van der Waals surface area contributed by atoms with Crippen molar-refractivity contribution in [1.29, 1.82) is 0 Å². The zero-order chi connectivity index (χ0) is 12.3. The largest absolute Gasteiger partial charge is 0.497 e. The van der Waals surface area contributed by atoms with Crippen molar-refractivity contribution in [3.05, 3.63) is 30.0 Å². The lowest BCUT2D eigenvalue weighted by atomic mass is 10.0. The van der Waals surface area contributed by atoms with Gasteiger partial charge in [-0.2, -0.15) is 0 Å². The summed E-state index contributed by atoms with van der Waals surface area (Å²) in [5, 5.41) is 11.0. The van der Waals surface area contributed by atoms with Crippen LogP contribution in [-0.4, -0.2) is 29.2 Å². The Hall–Kier alpha value is -1.88. The minimum atomic E-state index is 0.776. The molecule has 0 atom stereocenters. The minimum absolute atomic E-state index is 0.776. The van der Waals surface area contributed by atoms with E-state index in [1.807, 2.05) is 32.3 Å². The first-order chi connectivity index (χ1) is 8.26. The number of nitrogens with zero attached hydrogens (tertiary/aromatic N) is 3.